The summed E-state index contributed by atoms with van der Waals surface area (Å²) < 4.78 is 5.24. The smallest absolute Gasteiger partial charge is 0.315 e. The zero-order valence-electron chi connectivity index (χ0n) is 13.8. The van der Waals surface area contributed by atoms with Crippen molar-refractivity contribution in [3.05, 3.63) is 72.1 Å². The highest BCUT2D eigenvalue weighted by molar-refractivity contribution is 5.73. The molecule has 0 saturated heterocycles. The molecule has 0 aliphatic heterocycles. The summed E-state index contributed by atoms with van der Waals surface area (Å²) in [5.74, 6) is 1.16. The summed E-state index contributed by atoms with van der Waals surface area (Å²) in [6, 6.07) is 19.3. The lowest BCUT2D eigenvalue weighted by atomic mass is 10.2. The third-order valence-electron chi connectivity index (χ3n) is 3.65. The topological polar surface area (TPSA) is 80.1 Å². The molecule has 6 nitrogen and oxygen atoms in total. The summed E-state index contributed by atoms with van der Waals surface area (Å²) in [4.78, 5) is 16.1. The zero-order valence-corrected chi connectivity index (χ0v) is 13.8. The summed E-state index contributed by atoms with van der Waals surface area (Å²) in [6.45, 7) is 1.06. The number of rotatable bonds is 7. The van der Waals surface area contributed by atoms with Gasteiger partial charge in [0.05, 0.1) is 0 Å². The Balaban J connectivity index is 1.36. The predicted molar refractivity (Wildman–Crippen MR) is 94.7 cm³/mol. The molecule has 2 amide bonds. The van der Waals surface area contributed by atoms with Crippen LogP contribution in [0.15, 0.2) is 65.2 Å². The number of carbonyl (C=O) groups is 1. The first-order chi connectivity index (χ1) is 12.3. The van der Waals surface area contributed by atoms with E-state index in [4.69, 9.17) is 4.52 Å². The largest absolute Gasteiger partial charge is 0.339 e. The van der Waals surface area contributed by atoms with Crippen molar-refractivity contribution in [1.82, 2.24) is 20.8 Å². The molecule has 2 N–H and O–H groups in total. The summed E-state index contributed by atoms with van der Waals surface area (Å²) in [7, 11) is 0. The van der Waals surface area contributed by atoms with E-state index in [1.54, 1.807) is 0 Å². The molecule has 1 heterocycles. The number of carbonyl (C=O) groups excluding carboxylic acids is 1. The number of benzene rings is 2. The first-order valence-electron chi connectivity index (χ1n) is 8.25. The second-order valence-corrected chi connectivity index (χ2v) is 5.58. The molecular weight excluding hydrogens is 316 g/mol. The third kappa shape index (κ3) is 5.17. The highest BCUT2D eigenvalue weighted by atomic mass is 16.5. The maximum atomic E-state index is 11.7. The predicted octanol–water partition coefficient (Wildman–Crippen LogP) is 3.17. The van der Waals surface area contributed by atoms with E-state index in [2.05, 4.69) is 20.8 Å². The Morgan fingerprint density at radius 3 is 2.44 bits per heavy atom. The number of aryl methyl sites for hydroxylation is 1. The maximum absolute atomic E-state index is 11.7. The number of nitrogens with one attached hydrogen (secondary N) is 2. The van der Waals surface area contributed by atoms with E-state index < -0.39 is 0 Å². The molecular formula is C19H20N4O2. The van der Waals surface area contributed by atoms with E-state index >= 15 is 0 Å². The van der Waals surface area contributed by atoms with Crippen LogP contribution in [0.3, 0.4) is 0 Å². The summed E-state index contributed by atoms with van der Waals surface area (Å²) in [5, 5.41) is 9.62. The molecule has 0 spiro atoms. The van der Waals surface area contributed by atoms with Crippen molar-refractivity contribution < 1.29 is 9.32 Å². The van der Waals surface area contributed by atoms with Crippen molar-refractivity contribution in [3.63, 3.8) is 0 Å². The average Bonchev–Trinajstić information content (AvgIpc) is 3.14. The summed E-state index contributed by atoms with van der Waals surface area (Å²) in [6.07, 6.45) is 1.36. The van der Waals surface area contributed by atoms with Gasteiger partial charge in [0.2, 0.25) is 11.7 Å². The fourth-order valence-corrected chi connectivity index (χ4v) is 2.34. The maximum Gasteiger partial charge on any atom is 0.315 e. The van der Waals surface area contributed by atoms with Crippen molar-refractivity contribution in [2.45, 2.75) is 19.4 Å². The Bertz CT molecular complexity index is 787. The van der Waals surface area contributed by atoms with Gasteiger partial charge in [-0.15, -0.1) is 0 Å². The second-order valence-electron chi connectivity index (χ2n) is 5.58. The fraction of sp³-hybridized carbons (Fsp3) is 0.211. The Morgan fingerprint density at radius 1 is 0.960 bits per heavy atom. The number of urea groups is 1. The van der Waals surface area contributed by atoms with Crippen LogP contribution in [0.25, 0.3) is 11.4 Å². The zero-order chi connectivity index (χ0) is 17.3. The lowest BCUT2D eigenvalue weighted by Gasteiger charge is -2.06. The van der Waals surface area contributed by atoms with Gasteiger partial charge in [0.15, 0.2) is 0 Å². The molecule has 3 rings (SSSR count). The Labute approximate surface area is 146 Å². The minimum absolute atomic E-state index is 0.181. The van der Waals surface area contributed by atoms with Crippen LogP contribution in [-0.2, 0) is 13.0 Å². The molecule has 0 unspecified atom stereocenters. The minimum Gasteiger partial charge on any atom is -0.339 e. The molecule has 0 atom stereocenters. The monoisotopic (exact) mass is 336 g/mol. The first kappa shape index (κ1) is 16.7. The fourth-order valence-electron chi connectivity index (χ4n) is 2.34. The molecule has 0 fully saturated rings. The average molecular weight is 336 g/mol. The van der Waals surface area contributed by atoms with Gasteiger partial charge < -0.3 is 15.2 Å². The summed E-state index contributed by atoms with van der Waals surface area (Å²) in [5.41, 5.74) is 1.99. The molecule has 0 aliphatic carbocycles. The van der Waals surface area contributed by atoms with Gasteiger partial charge >= 0.3 is 6.03 Å². The van der Waals surface area contributed by atoms with Crippen LogP contribution in [0.5, 0.6) is 0 Å². The quantitative estimate of drug-likeness (QED) is 0.650. The van der Waals surface area contributed by atoms with Crippen molar-refractivity contribution in [1.29, 1.82) is 0 Å². The Hall–Kier alpha value is -3.15. The minimum atomic E-state index is -0.181. The van der Waals surface area contributed by atoms with Crippen molar-refractivity contribution in [2.75, 3.05) is 6.54 Å². The van der Waals surface area contributed by atoms with Gasteiger partial charge in [0.1, 0.15) is 0 Å². The number of hydrogen-bond acceptors (Lipinski definition) is 4. The van der Waals surface area contributed by atoms with Gasteiger partial charge in [-0.25, -0.2) is 4.79 Å². The summed E-state index contributed by atoms with van der Waals surface area (Å²) >= 11 is 0. The molecule has 1 aromatic heterocycles. The molecule has 0 saturated carbocycles. The Kier molecular flexibility index (Phi) is 5.77. The lowest BCUT2D eigenvalue weighted by molar-refractivity contribution is 0.240. The van der Waals surface area contributed by atoms with E-state index in [0.717, 1.165) is 17.5 Å². The third-order valence-corrected chi connectivity index (χ3v) is 3.65. The first-order valence-corrected chi connectivity index (χ1v) is 8.25. The molecule has 0 radical (unpaired) electrons. The van der Waals surface area contributed by atoms with Gasteiger partial charge in [0.25, 0.3) is 0 Å². The normalized spacial score (nSPS) is 10.4. The highest BCUT2D eigenvalue weighted by Crippen LogP contribution is 2.15. The van der Waals surface area contributed by atoms with Gasteiger partial charge in [-0.1, -0.05) is 65.8 Å². The van der Waals surface area contributed by atoms with Gasteiger partial charge in [-0.2, -0.15) is 4.98 Å². The van der Waals surface area contributed by atoms with Crippen molar-refractivity contribution in [2.24, 2.45) is 0 Å². The van der Waals surface area contributed by atoms with Crippen LogP contribution >= 0.6 is 0 Å². The van der Waals surface area contributed by atoms with Crippen LogP contribution < -0.4 is 10.6 Å². The number of amides is 2. The SMILES string of the molecule is O=C(NCCCc1nc(-c2ccccc2)no1)NCc1ccccc1. The van der Waals surface area contributed by atoms with E-state index in [-0.39, 0.29) is 6.03 Å². The molecule has 2 aromatic carbocycles. The van der Waals surface area contributed by atoms with Crippen LogP contribution in [0.4, 0.5) is 4.79 Å². The standard InChI is InChI=1S/C19H20N4O2/c24-19(21-14-15-8-3-1-4-9-15)20-13-7-12-17-22-18(23-25-17)16-10-5-2-6-11-16/h1-6,8-11H,7,12-14H2,(H2,20,21,24). The van der Waals surface area contributed by atoms with Gasteiger partial charge in [-0.3, -0.25) is 0 Å². The molecule has 25 heavy (non-hydrogen) atoms. The molecule has 3 aromatic rings. The van der Waals surface area contributed by atoms with E-state index in [1.807, 2.05) is 60.7 Å². The van der Waals surface area contributed by atoms with Gasteiger partial charge in [-0.05, 0) is 12.0 Å². The van der Waals surface area contributed by atoms with E-state index in [1.165, 1.54) is 0 Å². The number of hydrogen-bond donors (Lipinski definition) is 2. The Morgan fingerprint density at radius 2 is 1.68 bits per heavy atom. The van der Waals surface area contributed by atoms with Crippen molar-refractivity contribution in [3.8, 4) is 11.4 Å². The molecule has 0 bridgehead atoms. The lowest BCUT2D eigenvalue weighted by Crippen LogP contribution is -2.35. The number of aromatic nitrogens is 2. The highest BCUT2D eigenvalue weighted by Gasteiger charge is 2.08. The van der Waals surface area contributed by atoms with E-state index in [9.17, 15) is 4.79 Å². The van der Waals surface area contributed by atoms with E-state index in [0.29, 0.717) is 31.2 Å². The molecule has 0 aliphatic rings. The van der Waals surface area contributed by atoms with Crippen molar-refractivity contribution >= 4 is 6.03 Å². The van der Waals surface area contributed by atoms with Crippen LogP contribution in [0.1, 0.15) is 17.9 Å². The number of nitrogens with zero attached hydrogens (tertiary/aromatic N) is 2. The van der Waals surface area contributed by atoms with Crippen LogP contribution in [0, 0.1) is 0 Å². The van der Waals surface area contributed by atoms with Gasteiger partial charge in [0, 0.05) is 25.1 Å². The van der Waals surface area contributed by atoms with Crippen LogP contribution in [-0.4, -0.2) is 22.7 Å². The molecule has 128 valence electrons. The second kappa shape index (κ2) is 8.63. The van der Waals surface area contributed by atoms with Crippen LogP contribution in [0.2, 0.25) is 0 Å². The molecule has 6 heteroatoms.